The molecule has 2 amide bonds. The minimum absolute atomic E-state index is 0.0362. The van der Waals surface area contributed by atoms with Gasteiger partial charge in [-0.15, -0.1) is 11.3 Å². The molecule has 1 aliphatic carbocycles. The fraction of sp³-hybridized carbons (Fsp3) is 0.679. The Bertz CT molecular complexity index is 1030. The van der Waals surface area contributed by atoms with Crippen LogP contribution in [0.1, 0.15) is 88.7 Å². The average molecular weight is 517 g/mol. The molecule has 3 atom stereocenters. The minimum Gasteiger partial charge on any atom is -0.477 e. The van der Waals surface area contributed by atoms with E-state index < -0.39 is 12.0 Å². The van der Waals surface area contributed by atoms with E-state index in [0.717, 1.165) is 37.0 Å². The van der Waals surface area contributed by atoms with Gasteiger partial charge in [0.05, 0.1) is 22.8 Å². The van der Waals surface area contributed by atoms with Crippen LogP contribution in [-0.4, -0.2) is 59.1 Å². The lowest BCUT2D eigenvalue weighted by Gasteiger charge is -2.40. The first-order valence-electron chi connectivity index (χ1n) is 12.9. The Morgan fingerprint density at radius 1 is 1.11 bits per heavy atom. The maximum absolute atomic E-state index is 14.0. The number of carbonyl (C=O) groups excluding carboxylic acids is 2. The molecule has 2 aliphatic rings. The molecule has 1 aliphatic heterocycles. The molecule has 1 saturated carbocycles. The topological polar surface area (TPSA) is 87.2 Å². The van der Waals surface area contributed by atoms with Crippen molar-refractivity contribution in [1.29, 1.82) is 0 Å². The van der Waals surface area contributed by atoms with Crippen LogP contribution in [0.15, 0.2) is 6.07 Å². The maximum atomic E-state index is 14.0. The Kier molecular flexibility index (Phi) is 8.89. The Morgan fingerprint density at radius 3 is 2.22 bits per heavy atom. The van der Waals surface area contributed by atoms with Crippen molar-refractivity contribution in [1.82, 2.24) is 4.90 Å². The molecule has 3 rings (SSSR count). The third-order valence-electron chi connectivity index (χ3n) is 6.81. The van der Waals surface area contributed by atoms with E-state index >= 15 is 0 Å². The SMILES string of the molecule is C[C@@H]1CN(C(=O)[C@H](C)N(c2cc(C#CC(C)(C)C)sc2C(=O)O)C(=O)[C@H]2CC[C@H](C)CC2)C[C@H](C)O1. The van der Waals surface area contributed by atoms with Crippen LogP contribution >= 0.6 is 11.3 Å². The highest BCUT2D eigenvalue weighted by Gasteiger charge is 2.39. The van der Waals surface area contributed by atoms with Gasteiger partial charge in [-0.1, -0.05) is 18.8 Å². The Morgan fingerprint density at radius 2 is 1.69 bits per heavy atom. The van der Waals surface area contributed by atoms with Crippen molar-refractivity contribution in [2.24, 2.45) is 17.3 Å². The van der Waals surface area contributed by atoms with Crippen molar-refractivity contribution in [3.63, 3.8) is 0 Å². The third kappa shape index (κ3) is 6.89. The average Bonchev–Trinajstić information content (AvgIpc) is 3.21. The summed E-state index contributed by atoms with van der Waals surface area (Å²) in [4.78, 5) is 43.7. The summed E-state index contributed by atoms with van der Waals surface area (Å²) in [5.41, 5.74) is 0.0129. The molecule has 1 saturated heterocycles. The Balaban J connectivity index is 2.03. The van der Waals surface area contributed by atoms with E-state index in [1.54, 1.807) is 17.9 Å². The molecule has 0 aromatic carbocycles. The molecule has 0 spiro atoms. The van der Waals surface area contributed by atoms with Gasteiger partial charge in [0.2, 0.25) is 11.8 Å². The van der Waals surface area contributed by atoms with Crippen molar-refractivity contribution in [2.75, 3.05) is 18.0 Å². The van der Waals surface area contributed by atoms with E-state index in [1.165, 1.54) is 4.90 Å². The second-order valence-electron chi connectivity index (χ2n) is 11.5. The van der Waals surface area contributed by atoms with Gasteiger partial charge in [-0.3, -0.25) is 14.5 Å². The normalized spacial score (nSPS) is 25.5. The van der Waals surface area contributed by atoms with E-state index in [2.05, 4.69) is 18.8 Å². The zero-order valence-electron chi connectivity index (χ0n) is 22.6. The number of morpholine rings is 1. The van der Waals surface area contributed by atoms with Gasteiger partial charge < -0.3 is 14.7 Å². The number of nitrogens with zero attached hydrogens (tertiary/aromatic N) is 2. The lowest BCUT2D eigenvalue weighted by molar-refractivity contribution is -0.145. The van der Waals surface area contributed by atoms with Crippen molar-refractivity contribution in [2.45, 2.75) is 92.4 Å². The predicted octanol–water partition coefficient (Wildman–Crippen LogP) is 5.03. The fourth-order valence-corrected chi connectivity index (χ4v) is 5.82. The van der Waals surface area contributed by atoms with Crippen LogP contribution in [0.5, 0.6) is 0 Å². The Hall–Kier alpha value is -2.37. The van der Waals surface area contributed by atoms with E-state index in [4.69, 9.17) is 4.74 Å². The first kappa shape index (κ1) is 28.2. The number of hydrogen-bond acceptors (Lipinski definition) is 5. The maximum Gasteiger partial charge on any atom is 0.348 e. The summed E-state index contributed by atoms with van der Waals surface area (Å²) in [6.45, 7) is 14.6. The van der Waals surface area contributed by atoms with Crippen LogP contribution in [0.4, 0.5) is 5.69 Å². The van der Waals surface area contributed by atoms with Gasteiger partial charge in [0.1, 0.15) is 10.9 Å². The molecule has 2 fully saturated rings. The van der Waals surface area contributed by atoms with Crippen molar-refractivity contribution in [3.8, 4) is 11.8 Å². The van der Waals surface area contributed by atoms with Gasteiger partial charge in [0, 0.05) is 24.4 Å². The lowest BCUT2D eigenvalue weighted by atomic mass is 9.82. The van der Waals surface area contributed by atoms with Crippen molar-refractivity contribution >= 4 is 34.8 Å². The highest BCUT2D eigenvalue weighted by Crippen LogP contribution is 2.36. The van der Waals surface area contributed by atoms with Crippen LogP contribution in [0.3, 0.4) is 0 Å². The highest BCUT2D eigenvalue weighted by molar-refractivity contribution is 7.15. The molecule has 2 heterocycles. The molecule has 7 nitrogen and oxygen atoms in total. The summed E-state index contributed by atoms with van der Waals surface area (Å²) in [5, 5.41) is 10.0. The zero-order chi connectivity index (χ0) is 26.8. The molecular weight excluding hydrogens is 476 g/mol. The second kappa shape index (κ2) is 11.4. The predicted molar refractivity (Wildman–Crippen MR) is 142 cm³/mol. The van der Waals surface area contributed by atoms with Gasteiger partial charge in [0.15, 0.2) is 0 Å². The number of anilines is 1. The summed E-state index contributed by atoms with van der Waals surface area (Å²) in [6, 6.07) is 0.829. The van der Waals surface area contributed by atoms with Gasteiger partial charge in [-0.05, 0) is 79.2 Å². The quantitative estimate of drug-likeness (QED) is 0.555. The minimum atomic E-state index is -1.12. The van der Waals surface area contributed by atoms with Gasteiger partial charge in [-0.2, -0.15) is 0 Å². The van der Waals surface area contributed by atoms with E-state index in [0.29, 0.717) is 23.9 Å². The van der Waals surface area contributed by atoms with Crippen LogP contribution < -0.4 is 4.90 Å². The second-order valence-corrected chi connectivity index (χ2v) is 12.5. The van der Waals surface area contributed by atoms with Crippen molar-refractivity contribution < 1.29 is 24.2 Å². The van der Waals surface area contributed by atoms with Crippen LogP contribution in [0.25, 0.3) is 0 Å². The molecule has 1 aromatic heterocycles. The van der Waals surface area contributed by atoms with Gasteiger partial charge >= 0.3 is 5.97 Å². The number of carboxylic acids is 1. The van der Waals surface area contributed by atoms with Crippen LogP contribution in [0, 0.1) is 29.1 Å². The molecule has 36 heavy (non-hydrogen) atoms. The molecule has 1 aromatic rings. The van der Waals surface area contributed by atoms with E-state index in [1.807, 2.05) is 34.6 Å². The number of amides is 2. The standard InChI is InChI=1S/C28H40N2O5S/c1-17-8-10-21(11-9-17)26(32)30(20(4)25(31)29-15-18(2)35-19(3)16-29)23-14-22(12-13-28(5,6)7)36-24(23)27(33)34/h14,17-21H,8-11,15-16H2,1-7H3,(H,33,34)/t17-,18-,19+,20-,21-/m0/s1. The summed E-state index contributed by atoms with van der Waals surface area (Å²) < 4.78 is 5.79. The molecule has 0 radical (unpaired) electrons. The molecule has 1 N–H and O–H groups in total. The van der Waals surface area contributed by atoms with E-state index in [9.17, 15) is 19.5 Å². The summed E-state index contributed by atoms with van der Waals surface area (Å²) in [6.07, 6.45) is 3.16. The Labute approximate surface area is 219 Å². The molecule has 0 bridgehead atoms. The number of aromatic carboxylic acids is 1. The summed E-state index contributed by atoms with van der Waals surface area (Å²) in [7, 11) is 0. The first-order chi connectivity index (χ1) is 16.8. The highest BCUT2D eigenvalue weighted by atomic mass is 32.1. The largest absolute Gasteiger partial charge is 0.477 e. The van der Waals surface area contributed by atoms with Crippen LogP contribution in [-0.2, 0) is 14.3 Å². The summed E-state index contributed by atoms with van der Waals surface area (Å²) >= 11 is 1.05. The number of rotatable bonds is 5. The van der Waals surface area contributed by atoms with Crippen LogP contribution in [0.2, 0.25) is 0 Å². The smallest absolute Gasteiger partial charge is 0.348 e. The fourth-order valence-electron chi connectivity index (χ4n) is 4.98. The number of carboxylic acid groups (broad SMARTS) is 1. The summed E-state index contributed by atoms with van der Waals surface area (Å²) in [5.74, 6) is 5.06. The zero-order valence-corrected chi connectivity index (χ0v) is 23.4. The number of ether oxygens (including phenoxy) is 1. The van der Waals surface area contributed by atoms with Gasteiger partial charge in [-0.25, -0.2) is 4.79 Å². The number of carbonyl (C=O) groups is 3. The van der Waals surface area contributed by atoms with Gasteiger partial charge in [0.25, 0.3) is 0 Å². The molecule has 0 unspecified atom stereocenters. The lowest BCUT2D eigenvalue weighted by Crippen LogP contribution is -2.56. The molecule has 8 heteroatoms. The number of hydrogen-bond donors (Lipinski definition) is 1. The third-order valence-corrected chi connectivity index (χ3v) is 7.83. The van der Waals surface area contributed by atoms with Crippen molar-refractivity contribution in [3.05, 3.63) is 15.8 Å². The monoisotopic (exact) mass is 516 g/mol. The first-order valence-corrected chi connectivity index (χ1v) is 13.8. The molecular formula is C28H40N2O5S. The number of thiophene rings is 1. The van der Waals surface area contributed by atoms with E-state index in [-0.39, 0.29) is 45.9 Å². The molecule has 198 valence electrons.